The minimum absolute atomic E-state index is 0.0989. The number of amides is 3. The van der Waals surface area contributed by atoms with Gasteiger partial charge in [0.25, 0.3) is 0 Å². The minimum Gasteiger partial charge on any atom is -0.353 e. The molecule has 0 aliphatic carbocycles. The first kappa shape index (κ1) is 17.6. The second-order valence-corrected chi connectivity index (χ2v) is 6.80. The molecule has 23 heavy (non-hydrogen) atoms. The van der Waals surface area contributed by atoms with Crippen LogP contribution in [0.2, 0.25) is 5.02 Å². The molecule has 0 aromatic heterocycles. The Morgan fingerprint density at radius 3 is 2.61 bits per heavy atom. The minimum atomic E-state index is -0.126. The Kier molecular flexibility index (Phi) is 6.28. The van der Waals surface area contributed by atoms with Gasteiger partial charge in [-0.05, 0) is 37.0 Å². The van der Waals surface area contributed by atoms with Crippen LogP contribution in [-0.2, 0) is 4.79 Å². The zero-order valence-corrected chi connectivity index (χ0v) is 14.4. The molecule has 1 aliphatic rings. The lowest BCUT2D eigenvalue weighted by Crippen LogP contribution is -2.47. The maximum atomic E-state index is 12.2. The summed E-state index contributed by atoms with van der Waals surface area (Å²) in [6, 6.07) is 7.13. The number of rotatable bonds is 4. The van der Waals surface area contributed by atoms with Gasteiger partial charge in [-0.15, -0.1) is 0 Å². The number of urea groups is 1. The van der Waals surface area contributed by atoms with Crippen LogP contribution in [0.3, 0.4) is 0 Å². The zero-order valence-electron chi connectivity index (χ0n) is 13.6. The van der Waals surface area contributed by atoms with Gasteiger partial charge in [0.05, 0.1) is 0 Å². The molecule has 1 saturated heterocycles. The number of carbonyl (C=O) groups is 2. The van der Waals surface area contributed by atoms with E-state index in [1.54, 1.807) is 23.1 Å². The largest absolute Gasteiger partial charge is 0.353 e. The third-order valence-electron chi connectivity index (χ3n) is 3.82. The fourth-order valence-electron chi connectivity index (χ4n) is 2.65. The molecule has 1 aromatic rings. The molecule has 6 heteroatoms. The predicted molar refractivity (Wildman–Crippen MR) is 92.7 cm³/mol. The highest BCUT2D eigenvalue weighted by molar-refractivity contribution is 6.30. The van der Waals surface area contributed by atoms with E-state index in [1.807, 2.05) is 19.9 Å². The molecule has 2 N–H and O–H groups in total. The second kappa shape index (κ2) is 8.20. The molecule has 0 unspecified atom stereocenters. The Bertz CT molecular complexity index is 555. The third kappa shape index (κ3) is 5.75. The number of likely N-dealkylation sites (tertiary alicyclic amines) is 1. The Hall–Kier alpha value is -1.75. The average Bonchev–Trinajstić information content (AvgIpc) is 2.47. The van der Waals surface area contributed by atoms with Crippen LogP contribution in [0, 0.1) is 5.92 Å². The molecule has 126 valence electrons. The summed E-state index contributed by atoms with van der Waals surface area (Å²) >= 11 is 5.91. The van der Waals surface area contributed by atoms with Gasteiger partial charge in [-0.1, -0.05) is 31.5 Å². The van der Waals surface area contributed by atoms with Crippen molar-refractivity contribution in [1.82, 2.24) is 10.2 Å². The number of halogens is 1. The lowest BCUT2D eigenvalue weighted by Gasteiger charge is -2.32. The normalized spacial score (nSPS) is 15.6. The van der Waals surface area contributed by atoms with Crippen molar-refractivity contribution in [2.24, 2.45) is 5.92 Å². The van der Waals surface area contributed by atoms with Gasteiger partial charge in [0.1, 0.15) is 0 Å². The van der Waals surface area contributed by atoms with Crippen LogP contribution in [0.1, 0.15) is 33.1 Å². The molecule has 5 nitrogen and oxygen atoms in total. The molecule has 0 bridgehead atoms. The van der Waals surface area contributed by atoms with Gasteiger partial charge in [0, 0.05) is 36.3 Å². The molecular weight excluding hydrogens is 314 g/mol. The summed E-state index contributed by atoms with van der Waals surface area (Å²) < 4.78 is 0. The van der Waals surface area contributed by atoms with Crippen LogP contribution >= 0.6 is 11.6 Å². The highest BCUT2D eigenvalue weighted by Crippen LogP contribution is 2.17. The lowest BCUT2D eigenvalue weighted by molar-refractivity contribution is -0.122. The van der Waals surface area contributed by atoms with Crippen molar-refractivity contribution < 1.29 is 9.59 Å². The van der Waals surface area contributed by atoms with E-state index in [0.29, 0.717) is 36.1 Å². The van der Waals surface area contributed by atoms with Crippen molar-refractivity contribution in [3.8, 4) is 0 Å². The van der Waals surface area contributed by atoms with Crippen LogP contribution in [-0.4, -0.2) is 36.0 Å². The SMILES string of the molecule is CC(C)CC(=O)NC1CCN(C(=O)Nc2cccc(Cl)c2)CC1. The summed E-state index contributed by atoms with van der Waals surface area (Å²) in [6.45, 7) is 5.34. The van der Waals surface area contributed by atoms with E-state index < -0.39 is 0 Å². The highest BCUT2D eigenvalue weighted by atomic mass is 35.5. The van der Waals surface area contributed by atoms with Crippen LogP contribution in [0.15, 0.2) is 24.3 Å². The lowest BCUT2D eigenvalue weighted by atomic mass is 10.0. The maximum absolute atomic E-state index is 12.2. The van der Waals surface area contributed by atoms with Gasteiger partial charge in [0.15, 0.2) is 0 Å². The quantitative estimate of drug-likeness (QED) is 0.883. The van der Waals surface area contributed by atoms with Gasteiger partial charge in [0.2, 0.25) is 5.91 Å². The molecule has 0 spiro atoms. The molecule has 0 saturated carbocycles. The summed E-state index contributed by atoms with van der Waals surface area (Å²) in [7, 11) is 0. The first-order valence-electron chi connectivity index (χ1n) is 8.05. The number of piperidine rings is 1. The molecule has 0 radical (unpaired) electrons. The predicted octanol–water partition coefficient (Wildman–Crippen LogP) is 3.50. The van der Waals surface area contributed by atoms with E-state index in [2.05, 4.69) is 10.6 Å². The van der Waals surface area contributed by atoms with Crippen LogP contribution in [0.4, 0.5) is 10.5 Å². The number of nitrogens with zero attached hydrogens (tertiary/aromatic N) is 1. The standard InChI is InChI=1S/C17H24ClN3O2/c1-12(2)10-16(22)19-14-6-8-21(9-7-14)17(23)20-15-5-3-4-13(18)11-15/h3-5,11-12,14H,6-10H2,1-2H3,(H,19,22)(H,20,23). The summed E-state index contributed by atoms with van der Waals surface area (Å²) in [4.78, 5) is 25.8. The Balaban J connectivity index is 1.77. The van der Waals surface area contributed by atoms with Gasteiger partial charge in [-0.25, -0.2) is 4.79 Å². The molecule has 1 aliphatic heterocycles. The smallest absolute Gasteiger partial charge is 0.321 e. The Morgan fingerprint density at radius 2 is 2.00 bits per heavy atom. The monoisotopic (exact) mass is 337 g/mol. The first-order valence-corrected chi connectivity index (χ1v) is 8.42. The molecule has 1 heterocycles. The van der Waals surface area contributed by atoms with E-state index in [0.717, 1.165) is 12.8 Å². The molecule has 1 fully saturated rings. The van der Waals surface area contributed by atoms with E-state index >= 15 is 0 Å². The molecular formula is C17H24ClN3O2. The number of carbonyl (C=O) groups excluding carboxylic acids is 2. The fraction of sp³-hybridized carbons (Fsp3) is 0.529. The fourth-order valence-corrected chi connectivity index (χ4v) is 2.84. The Labute approximate surface area is 142 Å². The maximum Gasteiger partial charge on any atom is 0.321 e. The first-order chi connectivity index (χ1) is 10.9. The van der Waals surface area contributed by atoms with Crippen LogP contribution < -0.4 is 10.6 Å². The molecule has 2 rings (SSSR count). The average molecular weight is 338 g/mol. The van der Waals surface area contributed by atoms with Crippen molar-refractivity contribution >= 4 is 29.2 Å². The van der Waals surface area contributed by atoms with Crippen LogP contribution in [0.25, 0.3) is 0 Å². The molecule has 0 atom stereocenters. The third-order valence-corrected chi connectivity index (χ3v) is 4.05. The van der Waals surface area contributed by atoms with Gasteiger partial charge in [-0.2, -0.15) is 0 Å². The van der Waals surface area contributed by atoms with Gasteiger partial charge in [-0.3, -0.25) is 4.79 Å². The zero-order chi connectivity index (χ0) is 16.8. The number of hydrogen-bond acceptors (Lipinski definition) is 2. The number of nitrogens with one attached hydrogen (secondary N) is 2. The summed E-state index contributed by atoms with van der Waals surface area (Å²) in [5.41, 5.74) is 0.690. The topological polar surface area (TPSA) is 61.4 Å². The van der Waals surface area contributed by atoms with Crippen molar-refractivity contribution in [3.63, 3.8) is 0 Å². The summed E-state index contributed by atoms with van der Waals surface area (Å²) in [5.74, 6) is 0.459. The van der Waals surface area contributed by atoms with E-state index in [1.165, 1.54) is 0 Å². The summed E-state index contributed by atoms with van der Waals surface area (Å²) in [6.07, 6.45) is 2.12. The van der Waals surface area contributed by atoms with Gasteiger partial charge < -0.3 is 15.5 Å². The van der Waals surface area contributed by atoms with Crippen molar-refractivity contribution in [3.05, 3.63) is 29.3 Å². The van der Waals surface area contributed by atoms with Crippen molar-refractivity contribution in [2.75, 3.05) is 18.4 Å². The number of anilines is 1. The van der Waals surface area contributed by atoms with Crippen LogP contribution in [0.5, 0.6) is 0 Å². The molecule has 3 amide bonds. The molecule has 1 aromatic carbocycles. The van der Waals surface area contributed by atoms with E-state index in [9.17, 15) is 9.59 Å². The van der Waals surface area contributed by atoms with E-state index in [4.69, 9.17) is 11.6 Å². The summed E-state index contributed by atoms with van der Waals surface area (Å²) in [5, 5.41) is 6.49. The van der Waals surface area contributed by atoms with Gasteiger partial charge >= 0.3 is 6.03 Å². The Morgan fingerprint density at radius 1 is 1.30 bits per heavy atom. The van der Waals surface area contributed by atoms with E-state index in [-0.39, 0.29) is 18.0 Å². The van der Waals surface area contributed by atoms with Crippen molar-refractivity contribution in [2.45, 2.75) is 39.2 Å². The second-order valence-electron chi connectivity index (χ2n) is 6.37. The highest BCUT2D eigenvalue weighted by Gasteiger charge is 2.24. The number of hydrogen-bond donors (Lipinski definition) is 2. The number of benzene rings is 1. The van der Waals surface area contributed by atoms with Crippen molar-refractivity contribution in [1.29, 1.82) is 0 Å².